The van der Waals surface area contributed by atoms with Crippen molar-refractivity contribution >= 4 is 51.5 Å². The number of aryl methyl sites for hydroxylation is 1. The summed E-state index contributed by atoms with van der Waals surface area (Å²) in [6.45, 7) is 0. The molecule has 156 valence electrons. The molecule has 1 aromatic carbocycles. The first-order chi connectivity index (χ1) is 14.5. The van der Waals surface area contributed by atoms with Crippen LogP contribution in [0.1, 0.15) is 29.0 Å². The molecule has 0 saturated heterocycles. The Morgan fingerprint density at radius 2 is 2.20 bits per heavy atom. The van der Waals surface area contributed by atoms with E-state index in [1.54, 1.807) is 18.5 Å². The molecule has 0 spiro atoms. The molecule has 0 radical (unpaired) electrons. The number of nitrogens with zero attached hydrogens (tertiary/aromatic N) is 1. The number of aromatic nitrogens is 2. The number of halogens is 1. The molecule has 0 saturated carbocycles. The molecule has 1 amide bonds. The summed E-state index contributed by atoms with van der Waals surface area (Å²) in [7, 11) is 0. The molecule has 3 N–H and O–H groups in total. The number of thiol groups is 1. The summed E-state index contributed by atoms with van der Waals surface area (Å²) >= 11 is 7.92. The van der Waals surface area contributed by atoms with Crippen LogP contribution in [0.25, 0.3) is 11.0 Å². The first kappa shape index (κ1) is 20.9. The minimum atomic E-state index is -1.06. The number of hydrogen-bond donors (Lipinski definition) is 4. The maximum Gasteiger partial charge on any atom is 0.326 e. The van der Waals surface area contributed by atoms with Crippen molar-refractivity contribution in [2.45, 2.75) is 31.2 Å². The van der Waals surface area contributed by atoms with Crippen LogP contribution in [0.3, 0.4) is 0 Å². The second kappa shape index (κ2) is 8.81. The monoisotopic (exact) mass is 487 g/mol. The number of H-pyrrole nitrogens is 1. The minimum absolute atomic E-state index is 0.0392. The molecule has 8 heteroatoms. The van der Waals surface area contributed by atoms with E-state index in [9.17, 15) is 14.7 Å². The zero-order chi connectivity index (χ0) is 21.3. The van der Waals surface area contributed by atoms with Gasteiger partial charge in [0.2, 0.25) is 5.91 Å². The number of rotatable bonds is 7. The van der Waals surface area contributed by atoms with Gasteiger partial charge in [-0.1, -0.05) is 22.0 Å². The molecule has 1 aliphatic carbocycles. The van der Waals surface area contributed by atoms with Gasteiger partial charge in [-0.2, -0.15) is 12.6 Å². The van der Waals surface area contributed by atoms with Crippen molar-refractivity contribution in [3.05, 3.63) is 63.9 Å². The predicted octanol–water partition coefficient (Wildman–Crippen LogP) is 3.71. The second-order valence-corrected chi connectivity index (χ2v) is 8.88. The first-order valence-electron chi connectivity index (χ1n) is 9.81. The Kier molecular flexibility index (Phi) is 6.15. The summed E-state index contributed by atoms with van der Waals surface area (Å²) in [5, 5.41) is 13.4. The Morgan fingerprint density at radius 3 is 2.97 bits per heavy atom. The van der Waals surface area contributed by atoms with Crippen LogP contribution < -0.4 is 5.32 Å². The molecule has 4 rings (SSSR count). The molecule has 2 aromatic heterocycles. The van der Waals surface area contributed by atoms with E-state index >= 15 is 0 Å². The van der Waals surface area contributed by atoms with Crippen molar-refractivity contribution in [1.82, 2.24) is 15.3 Å². The van der Waals surface area contributed by atoms with E-state index in [1.807, 2.05) is 12.1 Å². The fourth-order valence-corrected chi connectivity index (χ4v) is 5.14. The smallest absolute Gasteiger partial charge is 0.326 e. The topological polar surface area (TPSA) is 95.1 Å². The highest BCUT2D eigenvalue weighted by atomic mass is 79.9. The summed E-state index contributed by atoms with van der Waals surface area (Å²) in [5.41, 5.74) is 3.89. The molecule has 3 atom stereocenters. The van der Waals surface area contributed by atoms with Gasteiger partial charge in [-0.15, -0.1) is 0 Å². The maximum absolute atomic E-state index is 13.1. The lowest BCUT2D eigenvalue weighted by Gasteiger charge is -2.24. The van der Waals surface area contributed by atoms with Crippen LogP contribution in [-0.2, 0) is 22.4 Å². The predicted molar refractivity (Wildman–Crippen MR) is 122 cm³/mol. The van der Waals surface area contributed by atoms with Crippen LogP contribution in [-0.4, -0.2) is 38.7 Å². The van der Waals surface area contributed by atoms with Crippen molar-refractivity contribution in [2.75, 3.05) is 5.75 Å². The number of pyridine rings is 1. The molecule has 2 heterocycles. The van der Waals surface area contributed by atoms with Crippen LogP contribution in [0, 0.1) is 5.92 Å². The Morgan fingerprint density at radius 1 is 1.37 bits per heavy atom. The third-order valence-electron chi connectivity index (χ3n) is 5.82. The third kappa shape index (κ3) is 4.11. The Bertz CT molecular complexity index is 1100. The van der Waals surface area contributed by atoms with Crippen LogP contribution in [0.2, 0.25) is 0 Å². The molecular weight excluding hydrogens is 466 g/mol. The van der Waals surface area contributed by atoms with Crippen molar-refractivity contribution in [1.29, 1.82) is 0 Å². The van der Waals surface area contributed by atoms with E-state index in [-0.39, 0.29) is 24.2 Å². The number of aliphatic carboxylic acids is 1. The lowest BCUT2D eigenvalue weighted by Crippen LogP contribution is -2.46. The van der Waals surface area contributed by atoms with Gasteiger partial charge in [0.15, 0.2) is 0 Å². The fraction of sp³-hybridized carbons (Fsp3) is 0.318. The van der Waals surface area contributed by atoms with Gasteiger partial charge < -0.3 is 15.4 Å². The molecule has 0 bridgehead atoms. The molecular formula is C22H22BrN3O3S. The molecule has 0 fully saturated rings. The Labute approximate surface area is 188 Å². The van der Waals surface area contributed by atoms with Crippen molar-refractivity contribution < 1.29 is 14.7 Å². The van der Waals surface area contributed by atoms with Crippen LogP contribution in [0.5, 0.6) is 0 Å². The number of carboxylic acid groups (broad SMARTS) is 1. The van der Waals surface area contributed by atoms with Gasteiger partial charge in [0, 0.05) is 34.4 Å². The SMILES string of the molecule is O=C(O)C(Cc1c[nH]c2ncccc12)NC(=O)C(CS)C1CCc2cc(Br)ccc21. The Hall–Kier alpha value is -2.32. The van der Waals surface area contributed by atoms with Crippen molar-refractivity contribution in [3.63, 3.8) is 0 Å². The number of amides is 1. The average molecular weight is 488 g/mol. The van der Waals surface area contributed by atoms with Crippen LogP contribution in [0.4, 0.5) is 0 Å². The number of carbonyl (C=O) groups excluding carboxylic acids is 1. The van der Waals surface area contributed by atoms with E-state index in [1.165, 1.54) is 5.56 Å². The highest BCUT2D eigenvalue weighted by Gasteiger charge is 2.35. The fourth-order valence-electron chi connectivity index (χ4n) is 4.31. The molecule has 6 nitrogen and oxygen atoms in total. The van der Waals surface area contributed by atoms with Crippen molar-refractivity contribution in [2.24, 2.45) is 5.92 Å². The van der Waals surface area contributed by atoms with E-state index in [2.05, 4.69) is 56.0 Å². The molecule has 3 unspecified atom stereocenters. The molecule has 1 aliphatic rings. The normalized spacial score (nSPS) is 17.5. The number of benzene rings is 1. The summed E-state index contributed by atoms with van der Waals surface area (Å²) < 4.78 is 1.02. The van der Waals surface area contributed by atoms with E-state index in [4.69, 9.17) is 0 Å². The number of carbonyl (C=O) groups is 2. The largest absolute Gasteiger partial charge is 0.480 e. The van der Waals surface area contributed by atoms with Crippen LogP contribution in [0.15, 0.2) is 47.2 Å². The van der Waals surface area contributed by atoms with E-state index in [0.29, 0.717) is 11.4 Å². The third-order valence-corrected chi connectivity index (χ3v) is 6.71. The first-order valence-corrected chi connectivity index (χ1v) is 11.2. The quantitative estimate of drug-likeness (QED) is 0.382. The molecule has 30 heavy (non-hydrogen) atoms. The highest BCUT2D eigenvalue weighted by Crippen LogP contribution is 2.40. The van der Waals surface area contributed by atoms with Gasteiger partial charge in [0.25, 0.3) is 0 Å². The standard InChI is InChI=1S/C22H22BrN3O3S/c23-14-4-6-15-12(8-14)3-5-17(15)18(11-30)21(27)26-19(22(28)29)9-13-10-25-20-16(13)2-1-7-24-20/h1-2,4,6-8,10,17-19,30H,3,5,9,11H2,(H,24,25)(H,26,27)(H,28,29). The molecule has 3 aromatic rings. The van der Waals surface area contributed by atoms with Gasteiger partial charge in [0.1, 0.15) is 11.7 Å². The minimum Gasteiger partial charge on any atom is -0.480 e. The number of carboxylic acids is 1. The number of nitrogens with one attached hydrogen (secondary N) is 2. The maximum atomic E-state index is 13.1. The zero-order valence-electron chi connectivity index (χ0n) is 16.1. The summed E-state index contributed by atoms with van der Waals surface area (Å²) in [4.78, 5) is 32.3. The van der Waals surface area contributed by atoms with E-state index < -0.39 is 12.0 Å². The molecule has 0 aliphatic heterocycles. The van der Waals surface area contributed by atoms with Gasteiger partial charge in [0.05, 0.1) is 5.92 Å². The lowest BCUT2D eigenvalue weighted by molar-refractivity contribution is -0.142. The zero-order valence-corrected chi connectivity index (χ0v) is 18.6. The second-order valence-electron chi connectivity index (χ2n) is 7.59. The van der Waals surface area contributed by atoms with Crippen LogP contribution >= 0.6 is 28.6 Å². The summed E-state index contributed by atoms with van der Waals surface area (Å²) in [6, 6.07) is 8.79. The van der Waals surface area contributed by atoms with Gasteiger partial charge in [-0.25, -0.2) is 9.78 Å². The Balaban J connectivity index is 1.52. The van der Waals surface area contributed by atoms with Gasteiger partial charge in [-0.3, -0.25) is 4.79 Å². The summed E-state index contributed by atoms with van der Waals surface area (Å²) in [6.07, 6.45) is 5.37. The van der Waals surface area contributed by atoms with E-state index in [0.717, 1.165) is 33.8 Å². The number of fused-ring (bicyclic) bond motifs is 2. The van der Waals surface area contributed by atoms with Crippen molar-refractivity contribution in [3.8, 4) is 0 Å². The highest BCUT2D eigenvalue weighted by molar-refractivity contribution is 9.10. The summed E-state index contributed by atoms with van der Waals surface area (Å²) in [5.74, 6) is -1.32. The number of hydrogen-bond acceptors (Lipinski definition) is 4. The lowest BCUT2D eigenvalue weighted by atomic mass is 9.87. The number of aromatic amines is 1. The average Bonchev–Trinajstić information content (AvgIpc) is 3.32. The van der Waals surface area contributed by atoms with Gasteiger partial charge >= 0.3 is 5.97 Å². The van der Waals surface area contributed by atoms with Gasteiger partial charge in [-0.05, 0) is 59.7 Å².